The van der Waals surface area contributed by atoms with Crippen molar-refractivity contribution in [1.29, 1.82) is 0 Å². The van der Waals surface area contributed by atoms with Crippen LogP contribution in [0.5, 0.6) is 0 Å². The van der Waals surface area contributed by atoms with E-state index in [1.165, 1.54) is 77.2 Å². The summed E-state index contributed by atoms with van der Waals surface area (Å²) in [5.74, 6) is 0.894. The minimum atomic E-state index is 0.757. The topological polar surface area (TPSA) is 12.0 Å². The maximum atomic E-state index is 3.82. The second-order valence-corrected chi connectivity index (χ2v) is 6.05. The van der Waals surface area contributed by atoms with Gasteiger partial charge in [-0.2, -0.15) is 0 Å². The molecule has 0 fully saturated rings. The number of nitrogens with one attached hydrogen (secondary N) is 1. The average Bonchev–Trinajstić information content (AvgIpc) is 2.44. The van der Waals surface area contributed by atoms with Gasteiger partial charge in [0.25, 0.3) is 0 Å². The van der Waals surface area contributed by atoms with Gasteiger partial charge in [0.15, 0.2) is 0 Å². The molecule has 1 N–H and O–H groups in total. The van der Waals surface area contributed by atoms with Crippen LogP contribution in [0.3, 0.4) is 0 Å². The molecule has 0 aromatic carbocycles. The van der Waals surface area contributed by atoms with Crippen molar-refractivity contribution in [1.82, 2.24) is 5.32 Å². The van der Waals surface area contributed by atoms with Gasteiger partial charge >= 0.3 is 0 Å². The third-order valence-corrected chi connectivity index (χ3v) is 4.40. The summed E-state index contributed by atoms with van der Waals surface area (Å²) in [6.45, 7) is 10.5. The van der Waals surface area contributed by atoms with Crippen molar-refractivity contribution < 1.29 is 0 Å². The van der Waals surface area contributed by atoms with Gasteiger partial charge in [-0.15, -0.1) is 0 Å². The zero-order valence-electron chi connectivity index (χ0n) is 14.1. The summed E-state index contributed by atoms with van der Waals surface area (Å²) in [4.78, 5) is 0. The molecule has 19 heavy (non-hydrogen) atoms. The predicted molar refractivity (Wildman–Crippen MR) is 88.8 cm³/mol. The maximum absolute atomic E-state index is 3.82. The minimum Gasteiger partial charge on any atom is -0.314 e. The Morgan fingerprint density at radius 2 is 1.32 bits per heavy atom. The number of hydrogen-bond acceptors (Lipinski definition) is 1. The van der Waals surface area contributed by atoms with Crippen molar-refractivity contribution in [2.24, 2.45) is 5.92 Å². The molecule has 0 heterocycles. The molecule has 0 amide bonds. The Morgan fingerprint density at radius 3 is 1.89 bits per heavy atom. The highest BCUT2D eigenvalue weighted by Gasteiger charge is 2.16. The molecule has 0 radical (unpaired) electrons. The molecule has 1 nitrogen and oxygen atoms in total. The molecule has 0 saturated heterocycles. The molecule has 2 atom stereocenters. The summed E-state index contributed by atoms with van der Waals surface area (Å²) < 4.78 is 0. The van der Waals surface area contributed by atoms with Crippen LogP contribution in [0.4, 0.5) is 0 Å². The van der Waals surface area contributed by atoms with Gasteiger partial charge in [0.1, 0.15) is 0 Å². The summed E-state index contributed by atoms with van der Waals surface area (Å²) >= 11 is 0. The number of hydrogen-bond donors (Lipinski definition) is 1. The largest absolute Gasteiger partial charge is 0.314 e. The van der Waals surface area contributed by atoms with Crippen molar-refractivity contribution in [2.75, 3.05) is 6.54 Å². The van der Waals surface area contributed by atoms with Crippen LogP contribution in [0.2, 0.25) is 0 Å². The van der Waals surface area contributed by atoms with E-state index in [2.05, 4.69) is 33.0 Å². The highest BCUT2D eigenvalue weighted by atomic mass is 14.9. The Balaban J connectivity index is 3.66. The van der Waals surface area contributed by atoms with Crippen molar-refractivity contribution in [3.63, 3.8) is 0 Å². The molecule has 0 aromatic heterocycles. The summed E-state index contributed by atoms with van der Waals surface area (Å²) in [5, 5.41) is 3.82. The molecule has 0 aromatic rings. The van der Waals surface area contributed by atoms with E-state index in [1.807, 2.05) is 0 Å². The van der Waals surface area contributed by atoms with Gasteiger partial charge < -0.3 is 5.32 Å². The Kier molecular flexibility index (Phi) is 14.3. The second kappa shape index (κ2) is 14.4. The monoisotopic (exact) mass is 269 g/mol. The fraction of sp³-hybridized carbons (Fsp3) is 1.00. The van der Waals surface area contributed by atoms with Crippen molar-refractivity contribution in [3.05, 3.63) is 0 Å². The van der Waals surface area contributed by atoms with Crippen LogP contribution in [-0.4, -0.2) is 12.6 Å². The van der Waals surface area contributed by atoms with Gasteiger partial charge in [0.2, 0.25) is 0 Å². The minimum absolute atomic E-state index is 0.757. The quantitative estimate of drug-likeness (QED) is 0.385. The van der Waals surface area contributed by atoms with Crippen molar-refractivity contribution in [3.8, 4) is 0 Å². The summed E-state index contributed by atoms with van der Waals surface area (Å²) in [5.41, 5.74) is 0. The van der Waals surface area contributed by atoms with E-state index in [0.29, 0.717) is 0 Å². The van der Waals surface area contributed by atoms with Crippen molar-refractivity contribution in [2.45, 2.75) is 104 Å². The average molecular weight is 270 g/mol. The molecule has 2 unspecified atom stereocenters. The fourth-order valence-corrected chi connectivity index (χ4v) is 2.99. The van der Waals surface area contributed by atoms with Crippen LogP contribution < -0.4 is 5.32 Å². The van der Waals surface area contributed by atoms with E-state index in [9.17, 15) is 0 Å². The molecule has 0 aliphatic heterocycles. The first-order valence-electron chi connectivity index (χ1n) is 9.03. The zero-order chi connectivity index (χ0) is 14.3. The smallest absolute Gasteiger partial charge is 0.00925 e. The van der Waals surface area contributed by atoms with Gasteiger partial charge in [-0.3, -0.25) is 0 Å². The standard InChI is InChI=1S/C18H39N/c1-5-9-11-12-13-14-16-19-18(8-4)17(7-3)15-10-6-2/h17-19H,5-16H2,1-4H3. The van der Waals surface area contributed by atoms with Crippen LogP contribution in [0.25, 0.3) is 0 Å². The first-order valence-corrected chi connectivity index (χ1v) is 9.03. The van der Waals surface area contributed by atoms with Crippen LogP contribution in [0.1, 0.15) is 98.3 Å². The molecule has 0 spiro atoms. The van der Waals surface area contributed by atoms with E-state index >= 15 is 0 Å². The number of unbranched alkanes of at least 4 members (excludes halogenated alkanes) is 6. The molecule has 1 heteroatoms. The Morgan fingerprint density at radius 1 is 0.684 bits per heavy atom. The van der Waals surface area contributed by atoms with Gasteiger partial charge in [-0.05, 0) is 31.7 Å². The summed E-state index contributed by atoms with van der Waals surface area (Å²) in [6.07, 6.45) is 15.2. The molecule has 116 valence electrons. The third kappa shape index (κ3) is 10.4. The highest BCUT2D eigenvalue weighted by Crippen LogP contribution is 2.19. The van der Waals surface area contributed by atoms with E-state index in [1.54, 1.807) is 0 Å². The van der Waals surface area contributed by atoms with Crippen LogP contribution in [0, 0.1) is 5.92 Å². The Labute approximate surface area is 122 Å². The maximum Gasteiger partial charge on any atom is 0.00925 e. The lowest BCUT2D eigenvalue weighted by molar-refractivity contribution is 0.308. The normalized spacial score (nSPS) is 14.5. The first kappa shape index (κ1) is 19.0. The summed E-state index contributed by atoms with van der Waals surface area (Å²) in [7, 11) is 0. The Hall–Kier alpha value is -0.0400. The molecular weight excluding hydrogens is 230 g/mol. The highest BCUT2D eigenvalue weighted by molar-refractivity contribution is 4.74. The zero-order valence-corrected chi connectivity index (χ0v) is 14.1. The Bertz CT molecular complexity index is 167. The van der Waals surface area contributed by atoms with Gasteiger partial charge in [0.05, 0.1) is 0 Å². The van der Waals surface area contributed by atoms with Gasteiger partial charge in [0, 0.05) is 6.04 Å². The first-order chi connectivity index (χ1) is 9.29. The fourth-order valence-electron chi connectivity index (χ4n) is 2.99. The molecule has 0 saturated carbocycles. The molecule has 0 bridgehead atoms. The summed E-state index contributed by atoms with van der Waals surface area (Å²) in [6, 6.07) is 0.757. The molecule has 0 aliphatic carbocycles. The molecule has 0 rings (SSSR count). The lowest BCUT2D eigenvalue weighted by Crippen LogP contribution is -2.36. The van der Waals surface area contributed by atoms with Crippen molar-refractivity contribution >= 4 is 0 Å². The molecule has 0 aliphatic rings. The van der Waals surface area contributed by atoms with E-state index in [4.69, 9.17) is 0 Å². The van der Waals surface area contributed by atoms with E-state index in [0.717, 1.165) is 12.0 Å². The second-order valence-electron chi connectivity index (χ2n) is 6.05. The van der Waals surface area contributed by atoms with Gasteiger partial charge in [-0.1, -0.05) is 79.1 Å². The SMILES string of the molecule is CCCCCCCCNC(CC)C(CC)CCCC. The van der Waals surface area contributed by atoms with E-state index in [-0.39, 0.29) is 0 Å². The molecular formula is C18H39N. The lowest BCUT2D eigenvalue weighted by Gasteiger charge is -2.26. The third-order valence-electron chi connectivity index (χ3n) is 4.40. The van der Waals surface area contributed by atoms with E-state index < -0.39 is 0 Å². The van der Waals surface area contributed by atoms with Crippen LogP contribution >= 0.6 is 0 Å². The lowest BCUT2D eigenvalue weighted by atomic mass is 9.89. The van der Waals surface area contributed by atoms with Crippen LogP contribution in [-0.2, 0) is 0 Å². The van der Waals surface area contributed by atoms with Crippen LogP contribution in [0.15, 0.2) is 0 Å². The van der Waals surface area contributed by atoms with Gasteiger partial charge in [-0.25, -0.2) is 0 Å². The number of rotatable bonds is 14. The predicted octanol–water partition coefficient (Wildman–Crippen LogP) is 5.93.